The summed E-state index contributed by atoms with van der Waals surface area (Å²) in [7, 11) is 0. The van der Waals surface area contributed by atoms with Gasteiger partial charge in [0.15, 0.2) is 5.16 Å². The number of aryl methyl sites for hydroxylation is 2. The summed E-state index contributed by atoms with van der Waals surface area (Å²) in [5.74, 6) is 1.16. The Morgan fingerprint density at radius 3 is 2.62 bits per heavy atom. The average molecular weight is 475 g/mol. The number of thioether (sulfide) groups is 1. The molecule has 0 spiro atoms. The van der Waals surface area contributed by atoms with Crippen molar-refractivity contribution >= 4 is 23.6 Å². The van der Waals surface area contributed by atoms with Crippen LogP contribution in [0.3, 0.4) is 0 Å². The first-order valence-corrected chi connectivity index (χ1v) is 12.2. The van der Waals surface area contributed by atoms with Crippen LogP contribution in [0.2, 0.25) is 0 Å². The van der Waals surface area contributed by atoms with Crippen molar-refractivity contribution in [1.29, 1.82) is 0 Å². The average Bonchev–Trinajstić information content (AvgIpc) is 3.55. The Kier molecular flexibility index (Phi) is 6.31. The van der Waals surface area contributed by atoms with Crippen LogP contribution in [0.5, 0.6) is 0 Å². The summed E-state index contributed by atoms with van der Waals surface area (Å²) >= 11 is 1.47. The molecule has 4 aromatic rings. The van der Waals surface area contributed by atoms with E-state index in [9.17, 15) is 4.79 Å². The van der Waals surface area contributed by atoms with Crippen LogP contribution in [-0.4, -0.2) is 72.5 Å². The van der Waals surface area contributed by atoms with Crippen molar-refractivity contribution in [2.45, 2.75) is 19.0 Å². The molecule has 5 rings (SSSR count). The number of hydrogen-bond acceptors (Lipinski definition) is 7. The van der Waals surface area contributed by atoms with E-state index in [1.54, 1.807) is 10.9 Å². The molecule has 0 atom stereocenters. The zero-order valence-electron chi connectivity index (χ0n) is 19.2. The van der Waals surface area contributed by atoms with Crippen molar-refractivity contribution in [3.05, 3.63) is 72.1 Å². The van der Waals surface area contributed by atoms with Crippen molar-refractivity contribution in [2.75, 3.05) is 36.8 Å². The molecule has 9 nitrogen and oxygen atoms in total. The number of rotatable bonds is 6. The van der Waals surface area contributed by atoms with Gasteiger partial charge in [-0.2, -0.15) is 4.68 Å². The van der Waals surface area contributed by atoms with Crippen LogP contribution in [0.15, 0.2) is 66.1 Å². The fraction of sp³-hybridized carbons (Fsp3) is 0.292. The van der Waals surface area contributed by atoms with E-state index in [0.717, 1.165) is 16.5 Å². The zero-order chi connectivity index (χ0) is 23.5. The van der Waals surface area contributed by atoms with Gasteiger partial charge < -0.3 is 9.80 Å². The SMILES string of the molecule is Cc1ccc(C)c(-n2ccnc2SCC(=O)N2CCN(c3nnnn3-c3ccccc3)CC2)c1. The van der Waals surface area contributed by atoms with Crippen LogP contribution in [0.1, 0.15) is 11.1 Å². The number of imidazole rings is 1. The number of tetrazole rings is 1. The summed E-state index contributed by atoms with van der Waals surface area (Å²) in [4.78, 5) is 21.5. The van der Waals surface area contributed by atoms with Crippen LogP contribution in [0, 0.1) is 13.8 Å². The number of piperazine rings is 1. The standard InChI is InChI=1S/C24H26N8OS/c1-18-8-9-19(2)21(16-18)31-11-10-25-24(31)34-17-22(33)29-12-14-30(15-13-29)23-26-27-28-32(23)20-6-4-3-5-7-20/h3-11,16H,12-15,17H2,1-2H3. The summed E-state index contributed by atoms with van der Waals surface area (Å²) in [5.41, 5.74) is 4.37. The molecule has 0 saturated carbocycles. The highest BCUT2D eigenvalue weighted by Gasteiger charge is 2.25. The van der Waals surface area contributed by atoms with E-state index in [1.165, 1.54) is 22.9 Å². The normalized spacial score (nSPS) is 13.9. The van der Waals surface area contributed by atoms with Gasteiger partial charge in [0.25, 0.3) is 0 Å². The largest absolute Gasteiger partial charge is 0.338 e. The molecule has 1 saturated heterocycles. The van der Waals surface area contributed by atoms with Crippen LogP contribution in [0.25, 0.3) is 11.4 Å². The molecule has 1 aliphatic rings. The molecule has 3 heterocycles. The molecular formula is C24H26N8OS. The second kappa shape index (κ2) is 9.68. The van der Waals surface area contributed by atoms with Gasteiger partial charge in [0.05, 0.1) is 17.1 Å². The summed E-state index contributed by atoms with van der Waals surface area (Å²) in [6.07, 6.45) is 3.73. The summed E-state index contributed by atoms with van der Waals surface area (Å²) in [5, 5.41) is 13.0. The molecule has 2 aromatic heterocycles. The molecule has 0 radical (unpaired) electrons. The fourth-order valence-corrected chi connectivity index (χ4v) is 4.92. The number of para-hydroxylation sites is 1. The van der Waals surface area contributed by atoms with Crippen LogP contribution >= 0.6 is 11.8 Å². The maximum atomic E-state index is 12.9. The molecule has 0 unspecified atom stereocenters. The number of hydrogen-bond donors (Lipinski definition) is 0. The van der Waals surface area contributed by atoms with Gasteiger partial charge in [0, 0.05) is 38.6 Å². The minimum atomic E-state index is 0.114. The van der Waals surface area contributed by atoms with Gasteiger partial charge in [-0.05, 0) is 53.6 Å². The summed E-state index contributed by atoms with van der Waals surface area (Å²) in [6.45, 7) is 6.79. The lowest BCUT2D eigenvalue weighted by atomic mass is 10.1. The van der Waals surface area contributed by atoms with Crippen molar-refractivity contribution in [1.82, 2.24) is 34.7 Å². The van der Waals surface area contributed by atoms with Gasteiger partial charge >= 0.3 is 0 Å². The van der Waals surface area contributed by atoms with E-state index < -0.39 is 0 Å². The monoisotopic (exact) mass is 474 g/mol. The number of carbonyl (C=O) groups excluding carboxylic acids is 1. The Balaban J connectivity index is 1.20. The predicted molar refractivity (Wildman–Crippen MR) is 132 cm³/mol. The Morgan fingerprint density at radius 1 is 1.03 bits per heavy atom. The molecular weight excluding hydrogens is 448 g/mol. The van der Waals surface area contributed by atoms with E-state index in [2.05, 4.69) is 62.0 Å². The third-order valence-electron chi connectivity index (χ3n) is 5.92. The second-order valence-corrected chi connectivity index (χ2v) is 9.20. The van der Waals surface area contributed by atoms with E-state index in [1.807, 2.05) is 41.4 Å². The van der Waals surface area contributed by atoms with Crippen molar-refractivity contribution < 1.29 is 4.79 Å². The highest BCUT2D eigenvalue weighted by Crippen LogP contribution is 2.24. The Morgan fingerprint density at radius 2 is 1.82 bits per heavy atom. The molecule has 10 heteroatoms. The van der Waals surface area contributed by atoms with Gasteiger partial charge in [-0.1, -0.05) is 47.2 Å². The lowest BCUT2D eigenvalue weighted by molar-refractivity contribution is -0.128. The maximum absolute atomic E-state index is 12.9. The smallest absolute Gasteiger partial charge is 0.250 e. The van der Waals surface area contributed by atoms with Gasteiger partial charge in [0.2, 0.25) is 11.9 Å². The number of aromatic nitrogens is 6. The van der Waals surface area contributed by atoms with E-state index in [-0.39, 0.29) is 5.91 Å². The van der Waals surface area contributed by atoms with E-state index in [4.69, 9.17) is 0 Å². The van der Waals surface area contributed by atoms with Gasteiger partial charge in [0.1, 0.15) is 0 Å². The first kappa shape index (κ1) is 22.1. The molecule has 34 heavy (non-hydrogen) atoms. The van der Waals surface area contributed by atoms with E-state index >= 15 is 0 Å². The quantitative estimate of drug-likeness (QED) is 0.397. The van der Waals surface area contributed by atoms with Crippen molar-refractivity contribution in [2.24, 2.45) is 0 Å². The summed E-state index contributed by atoms with van der Waals surface area (Å²) in [6, 6.07) is 16.2. The number of amides is 1. The molecule has 1 amide bonds. The molecule has 1 fully saturated rings. The van der Waals surface area contributed by atoms with E-state index in [0.29, 0.717) is 37.9 Å². The number of carbonyl (C=O) groups is 1. The van der Waals surface area contributed by atoms with Gasteiger partial charge in [-0.15, -0.1) is 0 Å². The van der Waals surface area contributed by atoms with Crippen LogP contribution < -0.4 is 4.90 Å². The lowest BCUT2D eigenvalue weighted by Gasteiger charge is -2.34. The highest BCUT2D eigenvalue weighted by molar-refractivity contribution is 7.99. The second-order valence-electron chi connectivity index (χ2n) is 8.25. The minimum absolute atomic E-state index is 0.114. The number of anilines is 1. The molecule has 2 aromatic carbocycles. The lowest BCUT2D eigenvalue weighted by Crippen LogP contribution is -2.50. The molecule has 1 aliphatic heterocycles. The van der Waals surface area contributed by atoms with Crippen molar-refractivity contribution in [3.8, 4) is 11.4 Å². The Labute approximate surface area is 202 Å². The third-order valence-corrected chi connectivity index (χ3v) is 6.88. The zero-order valence-corrected chi connectivity index (χ0v) is 20.0. The number of benzene rings is 2. The summed E-state index contributed by atoms with van der Waals surface area (Å²) < 4.78 is 3.79. The van der Waals surface area contributed by atoms with Crippen molar-refractivity contribution in [3.63, 3.8) is 0 Å². The first-order valence-electron chi connectivity index (χ1n) is 11.2. The molecule has 174 valence electrons. The van der Waals surface area contributed by atoms with Crippen LogP contribution in [-0.2, 0) is 4.79 Å². The Hall–Kier alpha value is -3.66. The first-order chi connectivity index (χ1) is 16.6. The predicted octanol–water partition coefficient (Wildman–Crippen LogP) is 2.91. The van der Waals surface area contributed by atoms with Gasteiger partial charge in [-0.3, -0.25) is 9.36 Å². The fourth-order valence-electron chi connectivity index (χ4n) is 4.05. The minimum Gasteiger partial charge on any atom is -0.338 e. The maximum Gasteiger partial charge on any atom is 0.250 e. The number of nitrogens with zero attached hydrogens (tertiary/aromatic N) is 8. The topological polar surface area (TPSA) is 85.0 Å². The van der Waals surface area contributed by atoms with Gasteiger partial charge in [-0.25, -0.2) is 4.98 Å². The third kappa shape index (κ3) is 4.54. The highest BCUT2D eigenvalue weighted by atomic mass is 32.2. The Bertz CT molecular complexity index is 1280. The molecule has 0 bridgehead atoms. The van der Waals surface area contributed by atoms with Crippen LogP contribution in [0.4, 0.5) is 5.95 Å². The molecule has 0 N–H and O–H groups in total. The molecule has 0 aliphatic carbocycles.